The summed E-state index contributed by atoms with van der Waals surface area (Å²) in [5, 5.41) is 0. The second-order valence-electron chi connectivity index (χ2n) is 5.00. The minimum absolute atomic E-state index is 0.0465. The highest BCUT2D eigenvalue weighted by molar-refractivity contribution is 9.10. The normalized spacial score (nSPS) is 12.0. The Bertz CT molecular complexity index is 579. The van der Waals surface area contributed by atoms with Gasteiger partial charge in [-0.2, -0.15) is 0 Å². The third-order valence-corrected chi connectivity index (χ3v) is 4.84. The summed E-state index contributed by atoms with van der Waals surface area (Å²) in [6, 6.07) is 2.12. The van der Waals surface area contributed by atoms with Gasteiger partial charge in [-0.05, 0) is 40.4 Å². The van der Waals surface area contributed by atoms with Gasteiger partial charge in [-0.15, -0.1) is 0 Å². The van der Waals surface area contributed by atoms with E-state index in [1.165, 1.54) is 0 Å². The van der Waals surface area contributed by atoms with Gasteiger partial charge in [0.05, 0.1) is 16.8 Å². The first-order valence-corrected chi connectivity index (χ1v) is 8.83. The minimum atomic E-state index is -3.79. The fourth-order valence-electron chi connectivity index (χ4n) is 1.52. The smallest absolute Gasteiger partial charge is 0.242 e. The molecule has 0 atom stereocenters. The van der Waals surface area contributed by atoms with Crippen LogP contribution in [0.1, 0.15) is 20.3 Å². The van der Waals surface area contributed by atoms with Crippen molar-refractivity contribution >= 4 is 31.6 Å². The van der Waals surface area contributed by atoms with E-state index in [9.17, 15) is 12.8 Å². The Morgan fingerprint density at radius 2 is 2.05 bits per heavy atom. The third kappa shape index (κ3) is 5.90. The van der Waals surface area contributed by atoms with Gasteiger partial charge in [0.15, 0.2) is 0 Å². The Balaban J connectivity index is 2.56. The minimum Gasteiger partial charge on any atom is -0.398 e. The van der Waals surface area contributed by atoms with Gasteiger partial charge in [0.2, 0.25) is 10.0 Å². The van der Waals surface area contributed by atoms with Crippen molar-refractivity contribution in [2.24, 2.45) is 5.92 Å². The van der Waals surface area contributed by atoms with Gasteiger partial charge in [0, 0.05) is 13.2 Å². The zero-order valence-corrected chi connectivity index (χ0v) is 14.4. The van der Waals surface area contributed by atoms with Crippen molar-refractivity contribution in [1.29, 1.82) is 0 Å². The molecule has 3 N–H and O–H groups in total. The number of hydrogen-bond donors (Lipinski definition) is 2. The second kappa shape index (κ2) is 8.07. The van der Waals surface area contributed by atoms with Crippen LogP contribution < -0.4 is 10.5 Å². The Hall–Kier alpha value is -0.700. The van der Waals surface area contributed by atoms with Crippen molar-refractivity contribution in [2.75, 3.05) is 25.5 Å². The molecule has 0 spiro atoms. The number of rotatable bonds is 8. The highest BCUT2D eigenvalue weighted by atomic mass is 79.9. The average molecular weight is 383 g/mol. The molecule has 0 radical (unpaired) electrons. The topological polar surface area (TPSA) is 81.4 Å². The number of sulfonamides is 1. The van der Waals surface area contributed by atoms with E-state index in [2.05, 4.69) is 34.5 Å². The Kier molecular flexibility index (Phi) is 7.05. The predicted molar refractivity (Wildman–Crippen MR) is 84.0 cm³/mol. The molecule has 1 aromatic rings. The van der Waals surface area contributed by atoms with Crippen LogP contribution in [-0.2, 0) is 14.8 Å². The van der Waals surface area contributed by atoms with E-state index in [1.807, 2.05) is 0 Å². The molecule has 1 aromatic carbocycles. The predicted octanol–water partition coefficient (Wildman–Crippen LogP) is 2.51. The van der Waals surface area contributed by atoms with Crippen molar-refractivity contribution in [3.63, 3.8) is 0 Å². The Labute approximate surface area is 133 Å². The van der Waals surface area contributed by atoms with Gasteiger partial charge in [-0.3, -0.25) is 0 Å². The largest absolute Gasteiger partial charge is 0.398 e. The molecule has 5 nitrogen and oxygen atoms in total. The van der Waals surface area contributed by atoms with Crippen LogP contribution in [0, 0.1) is 11.7 Å². The van der Waals surface area contributed by atoms with Gasteiger partial charge in [0.1, 0.15) is 10.7 Å². The molecule has 0 aliphatic carbocycles. The molecule has 0 aliphatic heterocycles. The number of nitrogens with one attached hydrogen (secondary N) is 1. The summed E-state index contributed by atoms with van der Waals surface area (Å²) in [4.78, 5) is -0.155. The first kappa shape index (κ1) is 18.3. The van der Waals surface area contributed by atoms with Crippen LogP contribution >= 0.6 is 15.9 Å². The van der Waals surface area contributed by atoms with Gasteiger partial charge >= 0.3 is 0 Å². The number of hydrogen-bond acceptors (Lipinski definition) is 4. The van der Waals surface area contributed by atoms with Crippen LogP contribution in [0.15, 0.2) is 21.5 Å². The molecule has 0 saturated carbocycles. The van der Waals surface area contributed by atoms with Crippen LogP contribution in [0.4, 0.5) is 10.1 Å². The zero-order valence-electron chi connectivity index (χ0n) is 12.0. The molecular formula is C13H20BrFN2O3S. The molecule has 0 unspecified atom stereocenters. The molecule has 21 heavy (non-hydrogen) atoms. The standard InChI is InChI=1S/C13H20BrFN2O3S/c1-9(2)3-5-20-6-4-17-21(18,19)13-7-10(14)11(15)8-12(13)16/h7-9,17H,3-6,16H2,1-2H3. The van der Waals surface area contributed by atoms with Crippen LogP contribution in [-0.4, -0.2) is 28.2 Å². The van der Waals surface area contributed by atoms with Crippen molar-refractivity contribution in [1.82, 2.24) is 4.72 Å². The molecule has 8 heteroatoms. The molecule has 0 fully saturated rings. The fourth-order valence-corrected chi connectivity index (χ4v) is 3.17. The van der Waals surface area contributed by atoms with E-state index in [1.54, 1.807) is 0 Å². The summed E-state index contributed by atoms with van der Waals surface area (Å²) in [5.41, 5.74) is 5.42. The summed E-state index contributed by atoms with van der Waals surface area (Å²) in [7, 11) is -3.79. The first-order chi connectivity index (χ1) is 9.74. The summed E-state index contributed by atoms with van der Waals surface area (Å²) < 4.78 is 45.1. The van der Waals surface area contributed by atoms with Gasteiger partial charge in [0.25, 0.3) is 0 Å². The average Bonchev–Trinajstić information content (AvgIpc) is 2.37. The van der Waals surface area contributed by atoms with Gasteiger partial charge in [-0.25, -0.2) is 17.5 Å². The van der Waals surface area contributed by atoms with Crippen LogP contribution in [0.2, 0.25) is 0 Å². The maximum absolute atomic E-state index is 13.2. The van der Waals surface area contributed by atoms with Gasteiger partial charge < -0.3 is 10.5 Å². The quantitative estimate of drug-likeness (QED) is 0.534. The number of anilines is 1. The highest BCUT2D eigenvalue weighted by Crippen LogP contribution is 2.25. The van der Waals surface area contributed by atoms with Crippen molar-refractivity contribution in [3.05, 3.63) is 22.4 Å². The number of nitrogens with two attached hydrogens (primary N) is 1. The van der Waals surface area contributed by atoms with Crippen molar-refractivity contribution in [2.45, 2.75) is 25.2 Å². The maximum atomic E-state index is 13.2. The van der Waals surface area contributed by atoms with Crippen LogP contribution in [0.3, 0.4) is 0 Å². The Morgan fingerprint density at radius 3 is 2.67 bits per heavy atom. The monoisotopic (exact) mass is 382 g/mol. The molecule has 0 bridgehead atoms. The lowest BCUT2D eigenvalue weighted by atomic mass is 10.1. The second-order valence-corrected chi connectivity index (χ2v) is 7.59. The molecule has 0 amide bonds. The van der Waals surface area contributed by atoms with E-state index in [4.69, 9.17) is 10.5 Å². The van der Waals surface area contributed by atoms with E-state index in [-0.39, 0.29) is 28.2 Å². The summed E-state index contributed by atoms with van der Waals surface area (Å²) >= 11 is 2.94. The van der Waals surface area contributed by atoms with Gasteiger partial charge in [-0.1, -0.05) is 13.8 Å². The lowest BCUT2D eigenvalue weighted by molar-refractivity contribution is 0.128. The molecular weight excluding hydrogens is 363 g/mol. The van der Waals surface area contributed by atoms with E-state index < -0.39 is 15.8 Å². The molecule has 0 saturated heterocycles. The van der Waals surface area contributed by atoms with Crippen molar-refractivity contribution < 1.29 is 17.5 Å². The number of halogens is 2. The highest BCUT2D eigenvalue weighted by Gasteiger charge is 2.19. The van der Waals surface area contributed by atoms with E-state index in [0.29, 0.717) is 12.5 Å². The maximum Gasteiger partial charge on any atom is 0.242 e. The SMILES string of the molecule is CC(C)CCOCCNS(=O)(=O)c1cc(Br)c(F)cc1N. The number of ether oxygens (including phenoxy) is 1. The Morgan fingerprint density at radius 1 is 1.38 bits per heavy atom. The summed E-state index contributed by atoms with van der Waals surface area (Å²) in [6.07, 6.45) is 0.921. The number of nitrogen functional groups attached to an aromatic ring is 1. The van der Waals surface area contributed by atoms with E-state index in [0.717, 1.165) is 18.6 Å². The molecule has 120 valence electrons. The van der Waals surface area contributed by atoms with Crippen LogP contribution in [0.25, 0.3) is 0 Å². The van der Waals surface area contributed by atoms with E-state index >= 15 is 0 Å². The molecule has 0 aliphatic rings. The first-order valence-electron chi connectivity index (χ1n) is 6.56. The molecule has 1 rings (SSSR count). The summed E-state index contributed by atoms with van der Waals surface area (Å²) in [5.74, 6) is -0.0680. The third-order valence-electron chi connectivity index (χ3n) is 2.72. The lowest BCUT2D eigenvalue weighted by Gasteiger charge is -2.11. The van der Waals surface area contributed by atoms with Crippen LogP contribution in [0.5, 0.6) is 0 Å². The summed E-state index contributed by atoms with van der Waals surface area (Å²) in [6.45, 7) is 5.16. The fraction of sp³-hybridized carbons (Fsp3) is 0.538. The molecule has 0 heterocycles. The molecule has 0 aromatic heterocycles. The van der Waals surface area contributed by atoms with Crippen molar-refractivity contribution in [3.8, 4) is 0 Å². The lowest BCUT2D eigenvalue weighted by Crippen LogP contribution is -2.28. The zero-order chi connectivity index (χ0) is 16.0. The number of benzene rings is 1.